The number of rotatable bonds is 6. The van der Waals surface area contributed by atoms with Crippen LogP contribution in [-0.2, 0) is 10.1 Å². The normalized spacial score (nSPS) is 11.5. The van der Waals surface area contributed by atoms with Gasteiger partial charge in [-0.25, -0.2) is 5.43 Å². The second-order valence-corrected chi connectivity index (χ2v) is 9.17. The Balaban J connectivity index is 1.74. The van der Waals surface area contributed by atoms with Gasteiger partial charge in [0.25, 0.3) is 5.91 Å². The standard InChI is InChI=1S/C21H15Cl3N2O4S/c1-13-2-8-17(9-3-13)31(28,29)30-20-18(23)10-14(11-19(20)24)12-25-26-21(27)15-4-6-16(22)7-5-15/h2-12H,1H3,(H,26,27)/b25-12-. The summed E-state index contributed by atoms with van der Waals surface area (Å²) in [5.41, 5.74) is 4.06. The van der Waals surface area contributed by atoms with Crippen molar-refractivity contribution in [3.8, 4) is 5.75 Å². The molecule has 3 aromatic rings. The molecule has 3 aromatic carbocycles. The molecule has 0 atom stereocenters. The van der Waals surface area contributed by atoms with Gasteiger partial charge in [0.05, 0.1) is 16.3 Å². The van der Waals surface area contributed by atoms with Gasteiger partial charge in [0, 0.05) is 10.6 Å². The average molecular weight is 498 g/mol. The minimum absolute atomic E-state index is 0.0271. The molecule has 0 aromatic heterocycles. The minimum atomic E-state index is -4.12. The topological polar surface area (TPSA) is 84.8 Å². The number of aryl methyl sites for hydroxylation is 1. The zero-order valence-corrected chi connectivity index (χ0v) is 19.1. The van der Waals surface area contributed by atoms with Gasteiger partial charge in [-0.3, -0.25) is 4.79 Å². The van der Waals surface area contributed by atoms with Crippen molar-refractivity contribution in [1.82, 2.24) is 5.43 Å². The van der Waals surface area contributed by atoms with E-state index in [9.17, 15) is 13.2 Å². The molecule has 1 N–H and O–H groups in total. The zero-order chi connectivity index (χ0) is 22.6. The highest BCUT2D eigenvalue weighted by molar-refractivity contribution is 7.87. The zero-order valence-electron chi connectivity index (χ0n) is 16.0. The monoisotopic (exact) mass is 496 g/mol. The van der Waals surface area contributed by atoms with E-state index in [2.05, 4.69) is 10.5 Å². The third kappa shape index (κ3) is 5.98. The molecule has 0 saturated heterocycles. The van der Waals surface area contributed by atoms with Crippen LogP contribution in [0, 0.1) is 6.92 Å². The third-order valence-electron chi connectivity index (χ3n) is 4.01. The van der Waals surface area contributed by atoms with Gasteiger partial charge in [0.2, 0.25) is 0 Å². The van der Waals surface area contributed by atoms with Crippen molar-refractivity contribution in [1.29, 1.82) is 0 Å². The van der Waals surface area contributed by atoms with E-state index in [1.165, 1.54) is 30.5 Å². The van der Waals surface area contributed by atoms with Gasteiger partial charge in [0.1, 0.15) is 4.90 Å². The van der Waals surface area contributed by atoms with Crippen LogP contribution in [0.3, 0.4) is 0 Å². The van der Waals surface area contributed by atoms with Crippen molar-refractivity contribution in [2.75, 3.05) is 0 Å². The van der Waals surface area contributed by atoms with Crippen LogP contribution in [0.1, 0.15) is 21.5 Å². The summed E-state index contributed by atoms with van der Waals surface area (Å²) in [6, 6.07) is 15.3. The summed E-state index contributed by atoms with van der Waals surface area (Å²) in [5.74, 6) is -0.638. The summed E-state index contributed by atoms with van der Waals surface area (Å²) in [6.07, 6.45) is 1.31. The van der Waals surface area contributed by atoms with Crippen molar-refractivity contribution in [3.05, 3.63) is 92.4 Å². The number of hydrogen-bond donors (Lipinski definition) is 1. The maximum atomic E-state index is 12.5. The molecule has 0 radical (unpaired) electrons. The number of benzene rings is 3. The first-order valence-electron chi connectivity index (χ1n) is 8.75. The fraction of sp³-hybridized carbons (Fsp3) is 0.0476. The lowest BCUT2D eigenvalue weighted by Gasteiger charge is -2.11. The second kappa shape index (κ2) is 9.70. The SMILES string of the molecule is Cc1ccc(S(=O)(=O)Oc2c(Cl)cc(/C=N\NC(=O)c3ccc(Cl)cc3)cc2Cl)cc1. The Labute approximate surface area is 194 Å². The highest BCUT2D eigenvalue weighted by atomic mass is 35.5. The van der Waals surface area contributed by atoms with Gasteiger partial charge in [-0.15, -0.1) is 0 Å². The Morgan fingerprint density at radius 1 is 0.968 bits per heavy atom. The molecule has 10 heteroatoms. The molecule has 0 heterocycles. The predicted molar refractivity (Wildman–Crippen MR) is 122 cm³/mol. The number of hydrazone groups is 1. The molecule has 0 fully saturated rings. The largest absolute Gasteiger partial charge is 0.376 e. The molecule has 0 unspecified atom stereocenters. The molecule has 0 bridgehead atoms. The number of hydrogen-bond acceptors (Lipinski definition) is 5. The number of amides is 1. The van der Waals surface area contributed by atoms with Crippen LogP contribution in [0.4, 0.5) is 0 Å². The summed E-state index contributed by atoms with van der Waals surface area (Å²) in [7, 11) is -4.12. The Hall–Kier alpha value is -2.58. The number of carbonyl (C=O) groups is 1. The van der Waals surface area contributed by atoms with E-state index in [-0.39, 0.29) is 20.7 Å². The molecule has 0 spiro atoms. The third-order valence-corrected chi connectivity index (χ3v) is 6.06. The summed E-state index contributed by atoms with van der Waals surface area (Å²) in [6.45, 7) is 1.84. The van der Waals surface area contributed by atoms with Gasteiger partial charge in [-0.05, 0) is 61.0 Å². The fourth-order valence-corrected chi connectivity index (χ4v) is 4.19. The summed E-state index contributed by atoms with van der Waals surface area (Å²) < 4.78 is 30.1. The van der Waals surface area contributed by atoms with Gasteiger partial charge in [-0.2, -0.15) is 13.5 Å². The molecule has 0 aliphatic carbocycles. The Morgan fingerprint density at radius 2 is 1.55 bits per heavy atom. The van der Waals surface area contributed by atoms with Crippen LogP contribution in [-0.4, -0.2) is 20.5 Å². The lowest BCUT2D eigenvalue weighted by molar-refractivity contribution is 0.0955. The van der Waals surface area contributed by atoms with E-state index in [1.807, 2.05) is 6.92 Å². The minimum Gasteiger partial charge on any atom is -0.376 e. The van der Waals surface area contributed by atoms with E-state index in [0.29, 0.717) is 16.1 Å². The smallest absolute Gasteiger partial charge is 0.339 e. The van der Waals surface area contributed by atoms with Crippen molar-refractivity contribution in [3.63, 3.8) is 0 Å². The molecule has 0 aliphatic rings. The van der Waals surface area contributed by atoms with Gasteiger partial charge >= 0.3 is 10.1 Å². The molecule has 3 rings (SSSR count). The van der Waals surface area contributed by atoms with Gasteiger partial charge in [-0.1, -0.05) is 52.5 Å². The molecule has 0 aliphatic heterocycles. The molecule has 0 saturated carbocycles. The highest BCUT2D eigenvalue weighted by Crippen LogP contribution is 2.36. The molecule has 31 heavy (non-hydrogen) atoms. The first kappa shape index (κ1) is 23.1. The van der Waals surface area contributed by atoms with Crippen LogP contribution in [0.25, 0.3) is 0 Å². The quantitative estimate of drug-likeness (QED) is 0.277. The van der Waals surface area contributed by atoms with E-state index < -0.39 is 16.0 Å². The lowest BCUT2D eigenvalue weighted by atomic mass is 10.2. The number of nitrogens with zero attached hydrogens (tertiary/aromatic N) is 1. The van der Waals surface area contributed by atoms with E-state index in [1.54, 1.807) is 36.4 Å². The summed E-state index contributed by atoms with van der Waals surface area (Å²) >= 11 is 18.1. The molecule has 6 nitrogen and oxygen atoms in total. The first-order valence-corrected chi connectivity index (χ1v) is 11.3. The van der Waals surface area contributed by atoms with Crippen LogP contribution in [0.15, 0.2) is 70.7 Å². The van der Waals surface area contributed by atoms with Crippen molar-refractivity contribution in [2.45, 2.75) is 11.8 Å². The van der Waals surface area contributed by atoms with Crippen molar-refractivity contribution >= 4 is 57.0 Å². The second-order valence-electron chi connectivity index (χ2n) is 6.37. The number of halogens is 3. The predicted octanol–water partition coefficient (Wildman–Crippen LogP) is 5.49. The van der Waals surface area contributed by atoms with Gasteiger partial charge in [0.15, 0.2) is 5.75 Å². The van der Waals surface area contributed by atoms with Crippen LogP contribution in [0.5, 0.6) is 5.75 Å². The molecular formula is C21H15Cl3N2O4S. The highest BCUT2D eigenvalue weighted by Gasteiger charge is 2.21. The lowest BCUT2D eigenvalue weighted by Crippen LogP contribution is -2.17. The Bertz CT molecular complexity index is 1220. The van der Waals surface area contributed by atoms with Crippen LogP contribution < -0.4 is 9.61 Å². The van der Waals surface area contributed by atoms with E-state index >= 15 is 0 Å². The number of carbonyl (C=O) groups excluding carboxylic acids is 1. The van der Waals surface area contributed by atoms with Crippen molar-refractivity contribution in [2.24, 2.45) is 5.10 Å². The average Bonchev–Trinajstić information content (AvgIpc) is 2.71. The maximum absolute atomic E-state index is 12.5. The fourth-order valence-electron chi connectivity index (χ4n) is 2.43. The van der Waals surface area contributed by atoms with E-state index in [4.69, 9.17) is 39.0 Å². The molecule has 160 valence electrons. The van der Waals surface area contributed by atoms with Crippen molar-refractivity contribution < 1.29 is 17.4 Å². The number of nitrogens with one attached hydrogen (secondary N) is 1. The Morgan fingerprint density at radius 3 is 2.13 bits per heavy atom. The van der Waals surface area contributed by atoms with Gasteiger partial charge < -0.3 is 4.18 Å². The van der Waals surface area contributed by atoms with Crippen LogP contribution >= 0.6 is 34.8 Å². The summed E-state index contributed by atoms with van der Waals surface area (Å²) in [4.78, 5) is 12.0. The molecular weight excluding hydrogens is 483 g/mol. The van der Waals surface area contributed by atoms with E-state index in [0.717, 1.165) is 5.56 Å². The molecule has 1 amide bonds. The Kier molecular flexibility index (Phi) is 7.23. The maximum Gasteiger partial charge on any atom is 0.339 e. The first-order chi connectivity index (χ1) is 14.7. The van der Waals surface area contributed by atoms with Crippen LogP contribution in [0.2, 0.25) is 15.1 Å². The summed E-state index contributed by atoms with van der Waals surface area (Å²) in [5, 5.41) is 4.29.